The lowest BCUT2D eigenvalue weighted by molar-refractivity contribution is 0.474. The van der Waals surface area contributed by atoms with Crippen LogP contribution in [0.1, 0.15) is 6.42 Å². The summed E-state index contributed by atoms with van der Waals surface area (Å²) in [7, 11) is 3.73. The van der Waals surface area contributed by atoms with E-state index in [-0.39, 0.29) is 5.96 Å². The summed E-state index contributed by atoms with van der Waals surface area (Å²) in [6.07, 6.45) is 1.02. The van der Waals surface area contributed by atoms with Crippen molar-refractivity contribution in [2.45, 2.75) is 6.42 Å². The summed E-state index contributed by atoms with van der Waals surface area (Å²) in [5.41, 5.74) is 5.21. The maximum atomic E-state index is 7.02. The van der Waals surface area contributed by atoms with Gasteiger partial charge in [0.05, 0.1) is 0 Å². The van der Waals surface area contributed by atoms with Crippen molar-refractivity contribution in [3.8, 4) is 0 Å². The van der Waals surface area contributed by atoms with Crippen molar-refractivity contribution >= 4 is 5.96 Å². The Labute approximate surface area is 61.9 Å². The van der Waals surface area contributed by atoms with Gasteiger partial charge in [0, 0.05) is 13.6 Å². The van der Waals surface area contributed by atoms with Gasteiger partial charge in [-0.15, -0.1) is 0 Å². The first-order valence-electron chi connectivity index (χ1n) is 3.38. The monoisotopic (exact) mass is 144 g/mol. The smallest absolute Gasteiger partial charge is 0.188 e. The lowest BCUT2D eigenvalue weighted by atomic mass is 10.4. The van der Waals surface area contributed by atoms with Gasteiger partial charge in [0.15, 0.2) is 5.96 Å². The highest BCUT2D eigenvalue weighted by Crippen LogP contribution is 1.82. The van der Waals surface area contributed by atoms with Crippen LogP contribution in [0.15, 0.2) is 0 Å². The summed E-state index contributed by atoms with van der Waals surface area (Å²) in [5.74, 6) is 0.135. The largest absolute Gasteiger partial charge is 0.370 e. The summed E-state index contributed by atoms with van der Waals surface area (Å²) in [6.45, 7) is 1.81. The summed E-state index contributed by atoms with van der Waals surface area (Å²) in [5, 5.41) is 10.0. The molecule has 0 spiro atoms. The van der Waals surface area contributed by atoms with E-state index in [9.17, 15) is 0 Å². The molecule has 0 rings (SSSR count). The molecule has 4 N–H and O–H groups in total. The molecule has 0 saturated carbocycles. The van der Waals surface area contributed by atoms with Crippen molar-refractivity contribution in [3.05, 3.63) is 0 Å². The van der Waals surface area contributed by atoms with Crippen molar-refractivity contribution in [1.29, 1.82) is 5.41 Å². The van der Waals surface area contributed by atoms with E-state index in [0.717, 1.165) is 19.5 Å². The third kappa shape index (κ3) is 4.14. The van der Waals surface area contributed by atoms with Crippen molar-refractivity contribution in [1.82, 2.24) is 10.2 Å². The van der Waals surface area contributed by atoms with Crippen LogP contribution in [-0.4, -0.2) is 38.0 Å². The molecule has 0 unspecified atom stereocenters. The van der Waals surface area contributed by atoms with E-state index in [0.29, 0.717) is 0 Å². The lowest BCUT2D eigenvalue weighted by Gasteiger charge is -2.15. The van der Waals surface area contributed by atoms with Gasteiger partial charge in [-0.1, -0.05) is 0 Å². The average molecular weight is 144 g/mol. The summed E-state index contributed by atoms with van der Waals surface area (Å²) >= 11 is 0. The molecular formula is C6H16N4. The molecule has 0 aromatic carbocycles. The van der Waals surface area contributed by atoms with E-state index in [1.807, 2.05) is 14.1 Å². The van der Waals surface area contributed by atoms with E-state index in [2.05, 4.69) is 5.32 Å². The third-order valence-electron chi connectivity index (χ3n) is 1.33. The molecule has 0 saturated heterocycles. The Balaban J connectivity index is 3.21. The Kier molecular flexibility index (Phi) is 4.66. The van der Waals surface area contributed by atoms with Crippen LogP contribution in [0.2, 0.25) is 0 Å². The zero-order valence-corrected chi connectivity index (χ0v) is 6.65. The highest BCUT2D eigenvalue weighted by Gasteiger charge is 1.96. The van der Waals surface area contributed by atoms with E-state index in [1.165, 1.54) is 0 Å². The quantitative estimate of drug-likeness (QED) is 0.281. The minimum absolute atomic E-state index is 0.135. The summed E-state index contributed by atoms with van der Waals surface area (Å²) in [4.78, 5) is 1.72. The molecule has 0 aromatic heterocycles. The fourth-order valence-electron chi connectivity index (χ4n) is 0.613. The predicted molar refractivity (Wildman–Crippen MR) is 43.1 cm³/mol. The Morgan fingerprint density at radius 1 is 1.70 bits per heavy atom. The fourth-order valence-corrected chi connectivity index (χ4v) is 0.613. The number of nitrogens with one attached hydrogen (secondary N) is 2. The molecule has 0 aromatic rings. The van der Waals surface area contributed by atoms with Crippen LogP contribution in [-0.2, 0) is 0 Å². The standard InChI is InChI=1S/C6H16N4/c1-9-4-3-5-10(2)6(7)8/h9H,3-5H2,1-2H3,(H3,7,8). The maximum absolute atomic E-state index is 7.02. The van der Waals surface area contributed by atoms with E-state index in [4.69, 9.17) is 11.1 Å². The molecular weight excluding hydrogens is 128 g/mol. The summed E-state index contributed by atoms with van der Waals surface area (Å²) < 4.78 is 0. The van der Waals surface area contributed by atoms with Gasteiger partial charge in [-0.2, -0.15) is 0 Å². The predicted octanol–water partition coefficient (Wildman–Crippen LogP) is -0.579. The first-order chi connectivity index (χ1) is 4.68. The van der Waals surface area contributed by atoms with Crippen molar-refractivity contribution in [2.24, 2.45) is 5.73 Å². The number of nitrogens with zero attached hydrogens (tertiary/aromatic N) is 1. The molecule has 0 bridgehead atoms. The van der Waals surface area contributed by atoms with Crippen LogP contribution < -0.4 is 11.1 Å². The number of hydrogen-bond acceptors (Lipinski definition) is 2. The highest BCUT2D eigenvalue weighted by molar-refractivity contribution is 5.74. The highest BCUT2D eigenvalue weighted by atomic mass is 15.2. The molecule has 0 atom stereocenters. The second kappa shape index (κ2) is 5.05. The molecule has 60 valence electrons. The number of guanidine groups is 1. The lowest BCUT2D eigenvalue weighted by Crippen LogP contribution is -2.34. The number of rotatable bonds is 4. The zero-order valence-electron chi connectivity index (χ0n) is 6.65. The van der Waals surface area contributed by atoms with E-state index < -0.39 is 0 Å². The normalized spacial score (nSPS) is 9.40. The van der Waals surface area contributed by atoms with Crippen LogP contribution in [0.25, 0.3) is 0 Å². The Morgan fingerprint density at radius 3 is 2.70 bits per heavy atom. The van der Waals surface area contributed by atoms with Gasteiger partial charge in [-0.3, -0.25) is 5.41 Å². The molecule has 4 heteroatoms. The third-order valence-corrected chi connectivity index (χ3v) is 1.33. The van der Waals surface area contributed by atoms with Gasteiger partial charge in [-0.25, -0.2) is 0 Å². The van der Waals surface area contributed by atoms with Crippen molar-refractivity contribution in [2.75, 3.05) is 27.2 Å². The Morgan fingerprint density at radius 2 is 2.30 bits per heavy atom. The average Bonchev–Trinajstić information content (AvgIpc) is 1.88. The molecule has 0 radical (unpaired) electrons. The van der Waals surface area contributed by atoms with Gasteiger partial charge in [0.1, 0.15) is 0 Å². The van der Waals surface area contributed by atoms with Crippen LogP contribution in [0, 0.1) is 5.41 Å². The maximum Gasteiger partial charge on any atom is 0.188 e. The first kappa shape index (κ1) is 9.23. The molecule has 0 fully saturated rings. The molecule has 10 heavy (non-hydrogen) atoms. The van der Waals surface area contributed by atoms with E-state index in [1.54, 1.807) is 4.90 Å². The fraction of sp³-hybridized carbons (Fsp3) is 0.833. The zero-order chi connectivity index (χ0) is 7.98. The SMILES string of the molecule is CNCCCN(C)C(=N)N. The number of nitrogens with two attached hydrogens (primary N) is 1. The van der Waals surface area contributed by atoms with Gasteiger partial charge in [0.2, 0.25) is 0 Å². The van der Waals surface area contributed by atoms with Gasteiger partial charge in [-0.05, 0) is 20.0 Å². The van der Waals surface area contributed by atoms with Crippen molar-refractivity contribution < 1.29 is 0 Å². The van der Waals surface area contributed by atoms with Gasteiger partial charge < -0.3 is 16.0 Å². The van der Waals surface area contributed by atoms with Gasteiger partial charge in [0.25, 0.3) is 0 Å². The van der Waals surface area contributed by atoms with Gasteiger partial charge >= 0.3 is 0 Å². The minimum Gasteiger partial charge on any atom is -0.370 e. The second-order valence-electron chi connectivity index (χ2n) is 2.26. The first-order valence-corrected chi connectivity index (χ1v) is 3.38. The minimum atomic E-state index is 0.135. The molecule has 4 nitrogen and oxygen atoms in total. The molecule has 0 aliphatic heterocycles. The Hall–Kier alpha value is -0.770. The molecule has 0 amide bonds. The summed E-state index contributed by atoms with van der Waals surface area (Å²) in [6, 6.07) is 0. The molecule has 0 aliphatic rings. The van der Waals surface area contributed by atoms with Crippen LogP contribution in [0.3, 0.4) is 0 Å². The molecule has 0 aliphatic carbocycles. The number of hydrogen-bond donors (Lipinski definition) is 3. The second-order valence-corrected chi connectivity index (χ2v) is 2.26. The topological polar surface area (TPSA) is 65.1 Å². The Bertz CT molecular complexity index is 102. The van der Waals surface area contributed by atoms with Crippen molar-refractivity contribution in [3.63, 3.8) is 0 Å². The van der Waals surface area contributed by atoms with Crippen LogP contribution >= 0.6 is 0 Å². The van der Waals surface area contributed by atoms with Crippen LogP contribution in [0.5, 0.6) is 0 Å². The van der Waals surface area contributed by atoms with E-state index >= 15 is 0 Å². The molecule has 0 heterocycles. The van der Waals surface area contributed by atoms with Crippen LogP contribution in [0.4, 0.5) is 0 Å².